The second-order valence-corrected chi connectivity index (χ2v) is 18.5. The molecule has 0 fully saturated rings. The first-order valence-corrected chi connectivity index (χ1v) is 17.8. The van der Waals surface area contributed by atoms with Gasteiger partial charge in [0.15, 0.2) is 0 Å². The predicted molar refractivity (Wildman–Crippen MR) is 130 cm³/mol. The van der Waals surface area contributed by atoms with Gasteiger partial charge in [0, 0.05) is 0 Å². The van der Waals surface area contributed by atoms with Crippen molar-refractivity contribution in [1.82, 2.24) is 0 Å². The third-order valence-electron chi connectivity index (χ3n) is 7.31. The molecule has 0 atom stereocenters. The third kappa shape index (κ3) is 15.5. The fourth-order valence-corrected chi connectivity index (χ4v) is 13.4. The van der Waals surface area contributed by atoms with Crippen LogP contribution < -0.4 is 0 Å². The van der Waals surface area contributed by atoms with Crippen LogP contribution in [0.15, 0.2) is 0 Å². The van der Waals surface area contributed by atoms with E-state index < -0.39 is 16.6 Å². The van der Waals surface area contributed by atoms with Gasteiger partial charge in [-0.25, -0.2) is 0 Å². The molecule has 0 saturated heterocycles. The van der Waals surface area contributed by atoms with Crippen LogP contribution in [0.25, 0.3) is 0 Å². The van der Waals surface area contributed by atoms with Gasteiger partial charge in [0.1, 0.15) is 0 Å². The van der Waals surface area contributed by atoms with Crippen LogP contribution >= 0.6 is 0 Å². The number of hydrogen-bond donors (Lipinski definition) is 0. The van der Waals surface area contributed by atoms with Crippen molar-refractivity contribution in [2.24, 2.45) is 0 Å². The van der Waals surface area contributed by atoms with Crippen molar-refractivity contribution < 1.29 is 16.6 Å². The van der Waals surface area contributed by atoms with Gasteiger partial charge in [-0.05, 0) is 0 Å². The normalized spacial score (nSPS) is 12.2. The van der Waals surface area contributed by atoms with Gasteiger partial charge in [-0.1, -0.05) is 0 Å². The predicted octanol–water partition coefficient (Wildman–Crippen LogP) is 11.3. The first-order valence-electron chi connectivity index (χ1n) is 13.6. The van der Waals surface area contributed by atoms with Gasteiger partial charge in [0.25, 0.3) is 0 Å². The summed E-state index contributed by atoms with van der Waals surface area (Å²) in [7, 11) is 0. The first-order chi connectivity index (χ1) is 13.6. The topological polar surface area (TPSA) is 0 Å². The van der Waals surface area contributed by atoms with Gasteiger partial charge in [0.05, 0.1) is 0 Å². The average molecular weight is 431 g/mol. The Morgan fingerprint density at radius 2 is 0.643 bits per heavy atom. The zero-order valence-corrected chi connectivity index (χ0v) is 22.5. The minimum atomic E-state index is -1.68. The van der Waals surface area contributed by atoms with Crippen molar-refractivity contribution >= 4 is 0 Å². The van der Waals surface area contributed by atoms with Crippen LogP contribution in [0.2, 0.25) is 18.4 Å². The zero-order chi connectivity index (χ0) is 20.9. The Hall–Kier alpha value is 0.714. The summed E-state index contributed by atoms with van der Waals surface area (Å²) in [4.78, 5) is 0. The van der Waals surface area contributed by atoms with Crippen LogP contribution in [0.3, 0.4) is 0 Å². The molecular formula is C27H58Ti. The molecule has 1 heteroatoms. The summed E-state index contributed by atoms with van der Waals surface area (Å²) in [5.41, 5.74) is 0. The molecular weight excluding hydrogens is 372 g/mol. The second kappa shape index (κ2) is 21.0. The van der Waals surface area contributed by atoms with E-state index in [1.807, 2.05) is 0 Å². The molecule has 0 aromatic heterocycles. The van der Waals surface area contributed by atoms with Crippen LogP contribution in [0, 0.1) is 0 Å². The summed E-state index contributed by atoms with van der Waals surface area (Å²) in [5.74, 6) is 0. The Morgan fingerprint density at radius 3 is 0.893 bits per heavy atom. The molecule has 170 valence electrons. The Balaban J connectivity index is 4.45. The molecule has 0 aromatic carbocycles. The van der Waals surface area contributed by atoms with Crippen molar-refractivity contribution in [3.63, 3.8) is 0 Å². The van der Waals surface area contributed by atoms with Crippen molar-refractivity contribution in [3.05, 3.63) is 0 Å². The molecule has 0 N–H and O–H groups in total. The standard InChI is InChI=1S/3C8H17.C3H7.Ti/c3*1-3-5-7-8-6-4-2;1-3-2;/h3*1,3-8H2,2H3;3H,1-2H3;. The van der Waals surface area contributed by atoms with Crippen LogP contribution in [-0.2, 0) is 16.6 Å². The molecule has 0 aromatic rings. The molecule has 0 unspecified atom stereocenters. The maximum absolute atomic E-state index is 2.62. The molecule has 0 aliphatic heterocycles. The van der Waals surface area contributed by atoms with E-state index in [0.717, 1.165) is 4.22 Å². The van der Waals surface area contributed by atoms with E-state index in [4.69, 9.17) is 0 Å². The molecule has 0 nitrogen and oxygen atoms in total. The molecule has 0 aliphatic rings. The van der Waals surface area contributed by atoms with E-state index in [1.165, 1.54) is 96.3 Å². The van der Waals surface area contributed by atoms with Crippen LogP contribution in [-0.4, -0.2) is 0 Å². The second-order valence-electron chi connectivity index (χ2n) is 10.1. The molecule has 0 amide bonds. The molecule has 0 rings (SSSR count). The van der Waals surface area contributed by atoms with Crippen molar-refractivity contribution in [3.8, 4) is 0 Å². The molecule has 0 spiro atoms. The van der Waals surface area contributed by atoms with E-state index in [0.29, 0.717) is 0 Å². The summed E-state index contributed by atoms with van der Waals surface area (Å²) in [5, 5.41) is 0. The average Bonchev–Trinajstić information content (AvgIpc) is 2.69. The molecule has 0 bridgehead atoms. The number of hydrogen-bond acceptors (Lipinski definition) is 0. The van der Waals surface area contributed by atoms with Gasteiger partial charge in [-0.2, -0.15) is 0 Å². The fourth-order valence-electron chi connectivity index (χ4n) is 5.01. The summed E-state index contributed by atoms with van der Waals surface area (Å²) in [6.45, 7) is 12.2. The molecule has 28 heavy (non-hydrogen) atoms. The fraction of sp³-hybridized carbons (Fsp3) is 1.00. The van der Waals surface area contributed by atoms with Crippen LogP contribution in [0.1, 0.15) is 150 Å². The minimum absolute atomic E-state index is 1.04. The Labute approximate surface area is 184 Å². The van der Waals surface area contributed by atoms with Crippen molar-refractivity contribution in [2.45, 2.75) is 169 Å². The number of unbranched alkanes of at least 4 members (excludes halogenated alkanes) is 15. The van der Waals surface area contributed by atoms with Crippen LogP contribution in [0.4, 0.5) is 0 Å². The summed E-state index contributed by atoms with van der Waals surface area (Å²) in [6.07, 6.45) is 26.7. The molecule has 0 radical (unpaired) electrons. The van der Waals surface area contributed by atoms with Gasteiger partial charge in [-0.15, -0.1) is 0 Å². The zero-order valence-electron chi connectivity index (χ0n) is 20.9. The summed E-state index contributed by atoms with van der Waals surface area (Å²) in [6, 6.07) is 0. The molecule has 0 heterocycles. The first kappa shape index (κ1) is 28.7. The SMILES string of the molecule is CCCCCCC[CH2][Ti]([CH2]CCCCCCC)([CH2]CCCCCCC)[CH](C)C. The summed E-state index contributed by atoms with van der Waals surface area (Å²) < 4.78 is 6.11. The Bertz CT molecular complexity index is 256. The third-order valence-corrected chi connectivity index (χ3v) is 17.5. The van der Waals surface area contributed by atoms with Gasteiger partial charge in [-0.3, -0.25) is 0 Å². The number of rotatable bonds is 22. The van der Waals surface area contributed by atoms with E-state index in [1.54, 1.807) is 33.4 Å². The monoisotopic (exact) mass is 430 g/mol. The summed E-state index contributed by atoms with van der Waals surface area (Å²) >= 11 is -1.68. The van der Waals surface area contributed by atoms with Gasteiger partial charge < -0.3 is 0 Å². The van der Waals surface area contributed by atoms with Crippen molar-refractivity contribution in [2.75, 3.05) is 0 Å². The molecule has 0 aliphatic carbocycles. The van der Waals surface area contributed by atoms with Crippen molar-refractivity contribution in [1.29, 1.82) is 0 Å². The maximum atomic E-state index is 2.62. The Kier molecular flexibility index (Phi) is 21.5. The van der Waals surface area contributed by atoms with E-state index in [-0.39, 0.29) is 0 Å². The molecule has 0 saturated carbocycles. The van der Waals surface area contributed by atoms with Gasteiger partial charge >= 0.3 is 185 Å². The van der Waals surface area contributed by atoms with E-state index in [9.17, 15) is 0 Å². The van der Waals surface area contributed by atoms with Gasteiger partial charge in [0.2, 0.25) is 0 Å². The van der Waals surface area contributed by atoms with Crippen LogP contribution in [0.5, 0.6) is 0 Å². The van der Waals surface area contributed by atoms with E-state index in [2.05, 4.69) is 34.6 Å². The quantitative estimate of drug-likeness (QED) is 0.118. The Morgan fingerprint density at radius 1 is 0.393 bits per heavy atom. The van der Waals surface area contributed by atoms with E-state index >= 15 is 0 Å².